The van der Waals surface area contributed by atoms with E-state index in [2.05, 4.69) is 5.32 Å². The van der Waals surface area contributed by atoms with Crippen LogP contribution in [0.1, 0.15) is 10.4 Å². The standard InChI is InChI=1S/C13H8Cl3NO2/c14-8-5-6-9(15)12(11(8)16)17-10-4-2-1-3-7(10)13(18)19/h1-6,17H,(H,18,19). The molecule has 2 rings (SSSR count). The van der Waals surface area contributed by atoms with Gasteiger partial charge in [-0.1, -0.05) is 46.9 Å². The summed E-state index contributed by atoms with van der Waals surface area (Å²) in [5.74, 6) is -1.04. The molecular formula is C13H8Cl3NO2. The molecule has 0 spiro atoms. The molecule has 0 radical (unpaired) electrons. The maximum atomic E-state index is 11.1. The van der Waals surface area contributed by atoms with Gasteiger partial charge >= 0.3 is 5.97 Å². The van der Waals surface area contributed by atoms with E-state index >= 15 is 0 Å². The van der Waals surface area contributed by atoms with Crippen LogP contribution in [0.4, 0.5) is 11.4 Å². The molecular weight excluding hydrogens is 309 g/mol. The molecule has 0 aliphatic heterocycles. The number of nitrogens with one attached hydrogen (secondary N) is 1. The summed E-state index contributed by atoms with van der Waals surface area (Å²) in [6.45, 7) is 0. The van der Waals surface area contributed by atoms with Crippen molar-refractivity contribution < 1.29 is 9.90 Å². The number of carbonyl (C=O) groups is 1. The number of aromatic carboxylic acids is 1. The third-order valence-electron chi connectivity index (χ3n) is 2.46. The van der Waals surface area contributed by atoms with Crippen LogP contribution in [0.15, 0.2) is 36.4 Å². The van der Waals surface area contributed by atoms with Crippen molar-refractivity contribution in [3.05, 3.63) is 57.0 Å². The lowest BCUT2D eigenvalue weighted by atomic mass is 10.1. The van der Waals surface area contributed by atoms with Crippen LogP contribution < -0.4 is 5.32 Å². The minimum Gasteiger partial charge on any atom is -0.478 e. The number of carboxylic acid groups (broad SMARTS) is 1. The molecule has 2 aromatic rings. The summed E-state index contributed by atoms with van der Waals surface area (Å²) in [5, 5.41) is 12.9. The fraction of sp³-hybridized carbons (Fsp3) is 0. The Hall–Kier alpha value is -1.42. The van der Waals surface area contributed by atoms with Crippen LogP contribution in [0.5, 0.6) is 0 Å². The molecule has 0 fully saturated rings. The van der Waals surface area contributed by atoms with E-state index in [0.717, 1.165) is 0 Å². The summed E-state index contributed by atoms with van der Waals surface area (Å²) in [6.07, 6.45) is 0. The van der Waals surface area contributed by atoms with E-state index in [-0.39, 0.29) is 10.6 Å². The van der Waals surface area contributed by atoms with E-state index in [4.69, 9.17) is 39.9 Å². The van der Waals surface area contributed by atoms with Crippen molar-refractivity contribution in [3.63, 3.8) is 0 Å². The van der Waals surface area contributed by atoms with Crippen molar-refractivity contribution >= 4 is 52.1 Å². The van der Waals surface area contributed by atoms with E-state index in [0.29, 0.717) is 21.4 Å². The zero-order chi connectivity index (χ0) is 14.0. The summed E-state index contributed by atoms with van der Waals surface area (Å²) >= 11 is 18.0. The second-order valence-electron chi connectivity index (χ2n) is 3.69. The highest BCUT2D eigenvalue weighted by molar-refractivity contribution is 6.46. The van der Waals surface area contributed by atoms with Crippen molar-refractivity contribution in [2.75, 3.05) is 5.32 Å². The van der Waals surface area contributed by atoms with Crippen LogP contribution in [0, 0.1) is 0 Å². The molecule has 2 aromatic carbocycles. The summed E-state index contributed by atoms with van der Waals surface area (Å²) in [5.41, 5.74) is 0.889. The van der Waals surface area contributed by atoms with Crippen LogP contribution in [0.2, 0.25) is 15.1 Å². The predicted molar refractivity (Wildman–Crippen MR) is 78.2 cm³/mol. The van der Waals surface area contributed by atoms with E-state index in [9.17, 15) is 4.79 Å². The molecule has 0 aliphatic carbocycles. The molecule has 0 heterocycles. The molecule has 19 heavy (non-hydrogen) atoms. The number of para-hydroxylation sites is 1. The zero-order valence-corrected chi connectivity index (χ0v) is 11.7. The van der Waals surface area contributed by atoms with Gasteiger partial charge in [0.1, 0.15) is 0 Å². The number of hydrogen-bond acceptors (Lipinski definition) is 2. The Morgan fingerprint density at radius 1 is 1.00 bits per heavy atom. The molecule has 0 saturated heterocycles. The molecule has 0 saturated carbocycles. The third-order valence-corrected chi connectivity index (χ3v) is 3.58. The van der Waals surface area contributed by atoms with Gasteiger partial charge in [0.2, 0.25) is 0 Å². The van der Waals surface area contributed by atoms with Crippen molar-refractivity contribution in [1.29, 1.82) is 0 Å². The first-order chi connectivity index (χ1) is 9.00. The highest BCUT2D eigenvalue weighted by atomic mass is 35.5. The molecule has 0 atom stereocenters. The maximum Gasteiger partial charge on any atom is 0.337 e. The van der Waals surface area contributed by atoms with Gasteiger partial charge in [-0.15, -0.1) is 0 Å². The minimum absolute atomic E-state index is 0.120. The highest BCUT2D eigenvalue weighted by Gasteiger charge is 2.14. The summed E-state index contributed by atoms with van der Waals surface area (Å²) in [6, 6.07) is 9.60. The Morgan fingerprint density at radius 3 is 2.32 bits per heavy atom. The first-order valence-corrected chi connectivity index (χ1v) is 6.37. The Balaban J connectivity index is 2.48. The quantitative estimate of drug-likeness (QED) is 0.776. The molecule has 0 amide bonds. The number of benzene rings is 2. The van der Waals surface area contributed by atoms with E-state index in [1.54, 1.807) is 30.3 Å². The molecule has 3 nitrogen and oxygen atoms in total. The second kappa shape index (κ2) is 5.70. The summed E-state index contributed by atoms with van der Waals surface area (Å²) < 4.78 is 0. The van der Waals surface area contributed by atoms with Crippen LogP contribution in [0.25, 0.3) is 0 Å². The van der Waals surface area contributed by atoms with Gasteiger partial charge in [-0.3, -0.25) is 0 Å². The largest absolute Gasteiger partial charge is 0.478 e. The molecule has 2 N–H and O–H groups in total. The topological polar surface area (TPSA) is 49.3 Å². The average molecular weight is 317 g/mol. The third kappa shape index (κ3) is 2.95. The lowest BCUT2D eigenvalue weighted by molar-refractivity contribution is 0.0698. The predicted octanol–water partition coefficient (Wildman–Crippen LogP) is 5.09. The number of rotatable bonds is 3. The average Bonchev–Trinajstić information content (AvgIpc) is 2.39. The van der Waals surface area contributed by atoms with Gasteiger partial charge in [0.15, 0.2) is 0 Å². The molecule has 98 valence electrons. The molecule has 6 heteroatoms. The second-order valence-corrected chi connectivity index (χ2v) is 4.89. The normalized spacial score (nSPS) is 10.3. The van der Waals surface area contributed by atoms with Gasteiger partial charge in [0, 0.05) is 0 Å². The van der Waals surface area contributed by atoms with Gasteiger partial charge in [0.25, 0.3) is 0 Å². The van der Waals surface area contributed by atoms with E-state index < -0.39 is 5.97 Å². The van der Waals surface area contributed by atoms with Crippen LogP contribution in [-0.4, -0.2) is 11.1 Å². The van der Waals surface area contributed by atoms with Crippen LogP contribution in [0.3, 0.4) is 0 Å². The number of anilines is 2. The van der Waals surface area contributed by atoms with Gasteiger partial charge < -0.3 is 10.4 Å². The van der Waals surface area contributed by atoms with E-state index in [1.165, 1.54) is 6.07 Å². The summed E-state index contributed by atoms with van der Waals surface area (Å²) in [4.78, 5) is 11.1. The molecule has 0 aromatic heterocycles. The molecule has 0 aliphatic rings. The Morgan fingerprint density at radius 2 is 1.63 bits per heavy atom. The number of carboxylic acids is 1. The Bertz CT molecular complexity index is 644. The van der Waals surface area contributed by atoms with Gasteiger partial charge in [-0.25, -0.2) is 4.79 Å². The smallest absolute Gasteiger partial charge is 0.337 e. The van der Waals surface area contributed by atoms with Gasteiger partial charge in [-0.05, 0) is 24.3 Å². The molecule has 0 bridgehead atoms. The lowest BCUT2D eigenvalue weighted by Gasteiger charge is -2.13. The first kappa shape index (κ1) is 14.0. The maximum absolute atomic E-state index is 11.1. The SMILES string of the molecule is O=C(O)c1ccccc1Nc1c(Cl)ccc(Cl)c1Cl. The summed E-state index contributed by atoms with van der Waals surface area (Å²) in [7, 11) is 0. The first-order valence-electron chi connectivity index (χ1n) is 5.23. The van der Waals surface area contributed by atoms with Gasteiger partial charge in [0.05, 0.1) is 32.0 Å². The van der Waals surface area contributed by atoms with E-state index in [1.807, 2.05) is 0 Å². The zero-order valence-electron chi connectivity index (χ0n) is 9.45. The number of hydrogen-bond donors (Lipinski definition) is 2. The highest BCUT2D eigenvalue weighted by Crippen LogP contribution is 2.38. The van der Waals surface area contributed by atoms with Crippen LogP contribution in [-0.2, 0) is 0 Å². The van der Waals surface area contributed by atoms with Gasteiger partial charge in [-0.2, -0.15) is 0 Å². The Labute approximate surface area is 124 Å². The molecule has 0 unspecified atom stereocenters. The number of halogens is 3. The Kier molecular flexibility index (Phi) is 4.20. The monoisotopic (exact) mass is 315 g/mol. The van der Waals surface area contributed by atoms with Crippen molar-refractivity contribution in [2.24, 2.45) is 0 Å². The lowest BCUT2D eigenvalue weighted by Crippen LogP contribution is -2.03. The van der Waals surface area contributed by atoms with Crippen LogP contribution >= 0.6 is 34.8 Å². The van der Waals surface area contributed by atoms with Crippen molar-refractivity contribution in [1.82, 2.24) is 0 Å². The van der Waals surface area contributed by atoms with Crippen molar-refractivity contribution in [2.45, 2.75) is 0 Å². The fourth-order valence-corrected chi connectivity index (χ4v) is 2.18. The fourth-order valence-electron chi connectivity index (χ4n) is 1.55. The minimum atomic E-state index is -1.04. The van der Waals surface area contributed by atoms with Crippen molar-refractivity contribution in [3.8, 4) is 0 Å².